The number of nitrogens with zero attached hydrogens (tertiary/aromatic N) is 1. The molecule has 1 nitrogen and oxygen atoms in total. The standard InChI is InChI=1S/C11H14ClN/c1-2-3-4-5-6-10-7-8-13-9-11(10)12/h2,7-9H,1,3-6H2. The van der Waals surface area contributed by atoms with Gasteiger partial charge in [0.05, 0.1) is 5.02 Å². The third-order valence-electron chi connectivity index (χ3n) is 1.96. The van der Waals surface area contributed by atoms with Crippen LogP contribution in [0.1, 0.15) is 24.8 Å². The van der Waals surface area contributed by atoms with E-state index in [1.807, 2.05) is 12.1 Å². The maximum Gasteiger partial charge on any atom is 0.0621 e. The fraction of sp³-hybridized carbons (Fsp3) is 0.364. The summed E-state index contributed by atoms with van der Waals surface area (Å²) < 4.78 is 0. The lowest BCUT2D eigenvalue weighted by molar-refractivity contribution is 0.747. The maximum absolute atomic E-state index is 5.95. The molecule has 0 amide bonds. The van der Waals surface area contributed by atoms with Crippen LogP contribution in [0.15, 0.2) is 31.1 Å². The van der Waals surface area contributed by atoms with E-state index in [0.717, 1.165) is 24.3 Å². The van der Waals surface area contributed by atoms with Crippen LogP contribution >= 0.6 is 11.6 Å². The van der Waals surface area contributed by atoms with E-state index in [2.05, 4.69) is 11.6 Å². The number of allylic oxidation sites excluding steroid dienone is 1. The Morgan fingerprint density at radius 3 is 3.00 bits per heavy atom. The Morgan fingerprint density at radius 2 is 2.31 bits per heavy atom. The summed E-state index contributed by atoms with van der Waals surface area (Å²) in [5, 5.41) is 0.779. The van der Waals surface area contributed by atoms with Crippen molar-refractivity contribution in [2.24, 2.45) is 0 Å². The predicted octanol–water partition coefficient (Wildman–Crippen LogP) is 3.63. The zero-order chi connectivity index (χ0) is 9.52. The Morgan fingerprint density at radius 1 is 1.46 bits per heavy atom. The normalized spacial score (nSPS) is 9.92. The number of unbranched alkanes of at least 4 members (excludes halogenated alkanes) is 2. The topological polar surface area (TPSA) is 12.9 Å². The fourth-order valence-corrected chi connectivity index (χ4v) is 1.42. The molecule has 0 aliphatic heterocycles. The zero-order valence-electron chi connectivity index (χ0n) is 7.67. The molecule has 0 aromatic carbocycles. The van der Waals surface area contributed by atoms with Gasteiger partial charge in [-0.05, 0) is 37.3 Å². The van der Waals surface area contributed by atoms with E-state index >= 15 is 0 Å². The quantitative estimate of drug-likeness (QED) is 0.517. The molecule has 0 atom stereocenters. The highest BCUT2D eigenvalue weighted by atomic mass is 35.5. The van der Waals surface area contributed by atoms with Gasteiger partial charge in [0.25, 0.3) is 0 Å². The molecule has 1 rings (SSSR count). The van der Waals surface area contributed by atoms with Crippen LogP contribution < -0.4 is 0 Å². The van der Waals surface area contributed by atoms with Gasteiger partial charge in [0.2, 0.25) is 0 Å². The molecule has 1 aromatic rings. The smallest absolute Gasteiger partial charge is 0.0621 e. The van der Waals surface area contributed by atoms with Crippen LogP contribution in [0.5, 0.6) is 0 Å². The number of hydrogen-bond acceptors (Lipinski definition) is 1. The molecule has 0 spiro atoms. The first kappa shape index (κ1) is 10.3. The predicted molar refractivity (Wildman–Crippen MR) is 57.0 cm³/mol. The van der Waals surface area contributed by atoms with Crippen LogP contribution in [0.4, 0.5) is 0 Å². The van der Waals surface area contributed by atoms with Gasteiger partial charge >= 0.3 is 0 Å². The number of halogens is 1. The number of hydrogen-bond donors (Lipinski definition) is 0. The summed E-state index contributed by atoms with van der Waals surface area (Å²) in [6.45, 7) is 3.69. The third kappa shape index (κ3) is 3.60. The zero-order valence-corrected chi connectivity index (χ0v) is 8.43. The molecular formula is C11H14ClN. The highest BCUT2D eigenvalue weighted by Crippen LogP contribution is 2.16. The average Bonchev–Trinajstić information content (AvgIpc) is 2.15. The summed E-state index contributed by atoms with van der Waals surface area (Å²) >= 11 is 5.95. The van der Waals surface area contributed by atoms with Crippen LogP contribution in [0, 0.1) is 0 Å². The van der Waals surface area contributed by atoms with E-state index in [9.17, 15) is 0 Å². The second-order valence-electron chi connectivity index (χ2n) is 3.00. The molecule has 2 heteroatoms. The highest BCUT2D eigenvalue weighted by Gasteiger charge is 1.97. The van der Waals surface area contributed by atoms with Crippen LogP contribution in [0.2, 0.25) is 5.02 Å². The molecule has 0 aliphatic rings. The van der Waals surface area contributed by atoms with Crippen molar-refractivity contribution >= 4 is 11.6 Å². The molecule has 1 aromatic heterocycles. The van der Waals surface area contributed by atoms with Crippen molar-refractivity contribution in [2.45, 2.75) is 25.7 Å². The second-order valence-corrected chi connectivity index (χ2v) is 3.41. The van der Waals surface area contributed by atoms with Crippen LogP contribution in [0.25, 0.3) is 0 Å². The van der Waals surface area contributed by atoms with E-state index in [4.69, 9.17) is 11.6 Å². The minimum Gasteiger partial charge on any atom is -0.263 e. The Kier molecular flexibility index (Phi) is 4.55. The molecule has 1 heterocycles. The highest BCUT2D eigenvalue weighted by molar-refractivity contribution is 6.31. The Labute approximate surface area is 84.5 Å². The molecule has 0 radical (unpaired) electrons. The average molecular weight is 196 g/mol. The van der Waals surface area contributed by atoms with Gasteiger partial charge in [-0.3, -0.25) is 4.98 Å². The molecular weight excluding hydrogens is 182 g/mol. The molecule has 70 valence electrons. The van der Waals surface area contributed by atoms with E-state index < -0.39 is 0 Å². The minimum absolute atomic E-state index is 0.779. The Hall–Kier alpha value is -0.820. The van der Waals surface area contributed by atoms with Crippen molar-refractivity contribution in [3.8, 4) is 0 Å². The van der Waals surface area contributed by atoms with E-state index in [-0.39, 0.29) is 0 Å². The number of aromatic nitrogens is 1. The lowest BCUT2D eigenvalue weighted by Crippen LogP contribution is -1.87. The van der Waals surface area contributed by atoms with Crippen LogP contribution in [0.3, 0.4) is 0 Å². The minimum atomic E-state index is 0.779. The van der Waals surface area contributed by atoms with Gasteiger partial charge in [0, 0.05) is 12.4 Å². The second kappa shape index (κ2) is 5.76. The number of pyridine rings is 1. The Balaban J connectivity index is 2.36. The summed E-state index contributed by atoms with van der Waals surface area (Å²) in [4.78, 5) is 3.94. The molecule has 0 fully saturated rings. The van der Waals surface area contributed by atoms with Crippen molar-refractivity contribution < 1.29 is 0 Å². The summed E-state index contributed by atoms with van der Waals surface area (Å²) in [5.41, 5.74) is 1.20. The maximum atomic E-state index is 5.95. The van der Waals surface area contributed by atoms with Gasteiger partial charge in [0.15, 0.2) is 0 Å². The molecule has 13 heavy (non-hydrogen) atoms. The fourth-order valence-electron chi connectivity index (χ4n) is 1.21. The molecule has 0 aliphatic carbocycles. The molecule has 0 unspecified atom stereocenters. The van der Waals surface area contributed by atoms with Gasteiger partial charge in [0.1, 0.15) is 0 Å². The number of aryl methyl sites for hydroxylation is 1. The van der Waals surface area contributed by atoms with Gasteiger partial charge in [-0.25, -0.2) is 0 Å². The van der Waals surface area contributed by atoms with Crippen molar-refractivity contribution in [3.63, 3.8) is 0 Å². The van der Waals surface area contributed by atoms with E-state index in [0.29, 0.717) is 0 Å². The van der Waals surface area contributed by atoms with Crippen molar-refractivity contribution in [3.05, 3.63) is 41.7 Å². The summed E-state index contributed by atoms with van der Waals surface area (Å²) in [7, 11) is 0. The van der Waals surface area contributed by atoms with Gasteiger partial charge in [-0.15, -0.1) is 6.58 Å². The lowest BCUT2D eigenvalue weighted by atomic mass is 10.1. The van der Waals surface area contributed by atoms with Crippen LogP contribution in [-0.2, 0) is 6.42 Å². The molecule has 0 saturated heterocycles. The van der Waals surface area contributed by atoms with Crippen LogP contribution in [-0.4, -0.2) is 4.98 Å². The van der Waals surface area contributed by atoms with Gasteiger partial charge < -0.3 is 0 Å². The van der Waals surface area contributed by atoms with Gasteiger partial charge in [-0.2, -0.15) is 0 Å². The monoisotopic (exact) mass is 195 g/mol. The first-order valence-corrected chi connectivity index (χ1v) is 4.91. The van der Waals surface area contributed by atoms with Gasteiger partial charge in [-0.1, -0.05) is 17.7 Å². The molecule has 0 bridgehead atoms. The first-order chi connectivity index (χ1) is 6.34. The van der Waals surface area contributed by atoms with E-state index in [1.165, 1.54) is 12.0 Å². The molecule has 0 N–H and O–H groups in total. The first-order valence-electron chi connectivity index (χ1n) is 4.54. The van der Waals surface area contributed by atoms with E-state index in [1.54, 1.807) is 12.4 Å². The van der Waals surface area contributed by atoms with Crippen molar-refractivity contribution in [2.75, 3.05) is 0 Å². The number of rotatable bonds is 5. The summed E-state index contributed by atoms with van der Waals surface area (Å²) in [6.07, 6.45) is 9.91. The van der Waals surface area contributed by atoms with Crippen molar-refractivity contribution in [1.82, 2.24) is 4.98 Å². The SMILES string of the molecule is C=CCCCCc1ccncc1Cl. The molecule has 0 saturated carbocycles. The Bertz CT molecular complexity index is 271. The largest absolute Gasteiger partial charge is 0.263 e. The van der Waals surface area contributed by atoms with Crippen molar-refractivity contribution in [1.29, 1.82) is 0 Å². The summed E-state index contributed by atoms with van der Waals surface area (Å²) in [5.74, 6) is 0. The summed E-state index contributed by atoms with van der Waals surface area (Å²) in [6, 6.07) is 1.98. The third-order valence-corrected chi connectivity index (χ3v) is 2.30. The lowest BCUT2D eigenvalue weighted by Gasteiger charge is -2.01.